The minimum Gasteiger partial charge on any atom is -0.222 e. The Morgan fingerprint density at radius 3 is 3.00 bits per heavy atom. The van der Waals surface area contributed by atoms with Crippen molar-refractivity contribution in [2.24, 2.45) is 0 Å². The third kappa shape index (κ3) is 1.26. The Bertz CT molecular complexity index is 599. The summed E-state index contributed by atoms with van der Waals surface area (Å²) in [6.07, 6.45) is 4.90. The Balaban J connectivity index is 2.38. The number of aromatic nitrogens is 6. The maximum atomic E-state index is 5.86. The summed E-state index contributed by atoms with van der Waals surface area (Å²) >= 11 is 5.86. The van der Waals surface area contributed by atoms with Crippen molar-refractivity contribution in [3.63, 3.8) is 0 Å². The minimum atomic E-state index is 0.362. The molecule has 0 aliphatic carbocycles. The highest BCUT2D eigenvalue weighted by atomic mass is 35.5. The number of nitrogens with zero attached hydrogens (tertiary/aromatic N) is 6. The van der Waals surface area contributed by atoms with Crippen molar-refractivity contribution in [2.45, 2.75) is 0 Å². The van der Waals surface area contributed by atoms with Gasteiger partial charge in [-0.2, -0.15) is 24.7 Å². The van der Waals surface area contributed by atoms with Crippen molar-refractivity contribution >= 4 is 17.4 Å². The SMILES string of the molecule is Clc1cc(-n2cccn2)n2ncnc2n1. The first kappa shape index (κ1) is 8.37. The van der Waals surface area contributed by atoms with E-state index in [-0.39, 0.29) is 0 Å². The average Bonchev–Trinajstić information content (AvgIpc) is 2.86. The highest BCUT2D eigenvalue weighted by Crippen LogP contribution is 2.12. The molecule has 3 aromatic heterocycles. The second-order valence-electron chi connectivity index (χ2n) is 2.86. The van der Waals surface area contributed by atoms with Gasteiger partial charge in [-0.3, -0.25) is 0 Å². The standard InChI is InChI=1S/C8H5ClN6/c9-6-4-7(14-3-1-2-11-14)15-8(13-6)10-5-12-15/h1-5H. The van der Waals surface area contributed by atoms with Crippen LogP contribution in [0.15, 0.2) is 30.9 Å². The first-order valence-electron chi connectivity index (χ1n) is 4.21. The van der Waals surface area contributed by atoms with Gasteiger partial charge in [0.25, 0.3) is 5.78 Å². The number of fused-ring (bicyclic) bond motifs is 1. The van der Waals surface area contributed by atoms with Crippen LogP contribution in [0.4, 0.5) is 0 Å². The van der Waals surface area contributed by atoms with E-state index in [1.165, 1.54) is 6.33 Å². The summed E-state index contributed by atoms with van der Waals surface area (Å²) in [6, 6.07) is 3.49. The summed E-state index contributed by atoms with van der Waals surface area (Å²) < 4.78 is 3.22. The lowest BCUT2D eigenvalue weighted by atomic mass is 10.6. The molecule has 0 aliphatic heterocycles. The predicted molar refractivity (Wildman–Crippen MR) is 52.9 cm³/mol. The fourth-order valence-corrected chi connectivity index (χ4v) is 1.51. The summed E-state index contributed by atoms with van der Waals surface area (Å²) in [4.78, 5) is 7.99. The highest BCUT2D eigenvalue weighted by Gasteiger charge is 2.07. The molecule has 3 rings (SSSR count). The first-order valence-corrected chi connectivity index (χ1v) is 4.59. The van der Waals surface area contributed by atoms with Gasteiger partial charge in [0.05, 0.1) is 0 Å². The quantitative estimate of drug-likeness (QED) is 0.573. The smallest absolute Gasteiger partial charge is 0.222 e. The Kier molecular flexibility index (Phi) is 1.69. The molecule has 0 unspecified atom stereocenters. The van der Waals surface area contributed by atoms with Crippen LogP contribution in [0.5, 0.6) is 0 Å². The Morgan fingerprint density at radius 2 is 2.20 bits per heavy atom. The van der Waals surface area contributed by atoms with Gasteiger partial charge in [0.1, 0.15) is 11.5 Å². The summed E-state index contributed by atoms with van der Waals surface area (Å²) in [5.74, 6) is 1.15. The van der Waals surface area contributed by atoms with Crippen molar-refractivity contribution in [2.75, 3.05) is 0 Å². The van der Waals surface area contributed by atoms with E-state index in [9.17, 15) is 0 Å². The van der Waals surface area contributed by atoms with Crippen LogP contribution in [0.3, 0.4) is 0 Å². The van der Waals surface area contributed by atoms with Gasteiger partial charge in [-0.15, -0.1) is 0 Å². The molecule has 0 spiro atoms. The second kappa shape index (κ2) is 3.03. The normalized spacial score (nSPS) is 11.0. The zero-order chi connectivity index (χ0) is 10.3. The van der Waals surface area contributed by atoms with Crippen LogP contribution in [0.2, 0.25) is 5.15 Å². The molecule has 0 radical (unpaired) electrons. The Morgan fingerprint density at radius 1 is 1.27 bits per heavy atom. The van der Waals surface area contributed by atoms with E-state index in [4.69, 9.17) is 11.6 Å². The summed E-state index contributed by atoms with van der Waals surface area (Å²) in [6.45, 7) is 0. The van der Waals surface area contributed by atoms with Crippen LogP contribution in [0.1, 0.15) is 0 Å². The number of hydrogen-bond acceptors (Lipinski definition) is 4. The summed E-state index contributed by atoms with van der Waals surface area (Å²) in [5, 5.41) is 8.50. The fourth-order valence-electron chi connectivity index (χ4n) is 1.34. The van der Waals surface area contributed by atoms with E-state index < -0.39 is 0 Å². The van der Waals surface area contributed by atoms with Crippen LogP contribution in [-0.4, -0.2) is 29.4 Å². The topological polar surface area (TPSA) is 60.9 Å². The number of rotatable bonds is 1. The molecule has 0 aromatic carbocycles. The average molecular weight is 221 g/mol. The molecule has 0 saturated carbocycles. The molecule has 6 nitrogen and oxygen atoms in total. The van der Waals surface area contributed by atoms with Crippen LogP contribution >= 0.6 is 11.6 Å². The van der Waals surface area contributed by atoms with Crippen LogP contribution in [0.25, 0.3) is 11.6 Å². The third-order valence-corrected chi connectivity index (χ3v) is 2.13. The lowest BCUT2D eigenvalue weighted by Gasteiger charge is -2.03. The lowest BCUT2D eigenvalue weighted by molar-refractivity contribution is 0.781. The Hall–Kier alpha value is -1.95. The van der Waals surface area contributed by atoms with Crippen molar-refractivity contribution in [1.29, 1.82) is 0 Å². The molecule has 0 bridgehead atoms. The summed E-state index contributed by atoms with van der Waals surface area (Å²) in [7, 11) is 0. The third-order valence-electron chi connectivity index (χ3n) is 1.94. The second-order valence-corrected chi connectivity index (χ2v) is 3.25. The van der Waals surface area contributed by atoms with Gasteiger partial charge in [0.15, 0.2) is 5.82 Å². The molecule has 7 heteroatoms. The number of hydrogen-bond donors (Lipinski definition) is 0. The molecule has 3 heterocycles. The molecule has 3 aromatic rings. The molecule has 0 saturated heterocycles. The minimum absolute atomic E-state index is 0.362. The van der Waals surface area contributed by atoms with Gasteiger partial charge in [-0.25, -0.2) is 4.68 Å². The van der Waals surface area contributed by atoms with Gasteiger partial charge < -0.3 is 0 Å². The molecule has 15 heavy (non-hydrogen) atoms. The van der Waals surface area contributed by atoms with E-state index in [1.54, 1.807) is 27.7 Å². The van der Waals surface area contributed by atoms with Crippen molar-refractivity contribution < 1.29 is 0 Å². The van der Waals surface area contributed by atoms with Gasteiger partial charge >= 0.3 is 0 Å². The molecule has 0 amide bonds. The molecule has 0 aliphatic rings. The molecule has 0 atom stereocenters. The number of halogens is 1. The van der Waals surface area contributed by atoms with Crippen LogP contribution < -0.4 is 0 Å². The monoisotopic (exact) mass is 220 g/mol. The van der Waals surface area contributed by atoms with E-state index in [0.29, 0.717) is 16.7 Å². The van der Waals surface area contributed by atoms with Gasteiger partial charge in [0, 0.05) is 18.5 Å². The largest absolute Gasteiger partial charge is 0.255 e. The van der Waals surface area contributed by atoms with E-state index >= 15 is 0 Å². The lowest BCUT2D eigenvalue weighted by Crippen LogP contribution is -2.05. The van der Waals surface area contributed by atoms with Crippen molar-refractivity contribution in [3.05, 3.63) is 36.0 Å². The summed E-state index contributed by atoms with van der Waals surface area (Å²) in [5.41, 5.74) is 0. The maximum Gasteiger partial charge on any atom is 0.255 e. The van der Waals surface area contributed by atoms with E-state index in [0.717, 1.165) is 0 Å². The van der Waals surface area contributed by atoms with Crippen molar-refractivity contribution in [1.82, 2.24) is 29.4 Å². The molecule has 0 fully saturated rings. The predicted octanol–water partition coefficient (Wildman–Crippen LogP) is 0.963. The molecule has 74 valence electrons. The van der Waals surface area contributed by atoms with E-state index in [2.05, 4.69) is 20.2 Å². The fraction of sp³-hybridized carbons (Fsp3) is 0. The molecular formula is C8H5ClN6. The molecule has 0 N–H and O–H groups in total. The first-order chi connectivity index (χ1) is 7.34. The van der Waals surface area contributed by atoms with E-state index in [1.807, 2.05) is 6.07 Å². The zero-order valence-electron chi connectivity index (χ0n) is 7.45. The van der Waals surface area contributed by atoms with Crippen molar-refractivity contribution in [3.8, 4) is 5.82 Å². The molecular weight excluding hydrogens is 216 g/mol. The maximum absolute atomic E-state index is 5.86. The van der Waals surface area contributed by atoms with Crippen LogP contribution in [-0.2, 0) is 0 Å². The highest BCUT2D eigenvalue weighted by molar-refractivity contribution is 6.29. The van der Waals surface area contributed by atoms with Gasteiger partial charge in [-0.05, 0) is 6.07 Å². The van der Waals surface area contributed by atoms with Gasteiger partial charge in [0.2, 0.25) is 0 Å². The van der Waals surface area contributed by atoms with Crippen LogP contribution in [0, 0.1) is 0 Å². The zero-order valence-corrected chi connectivity index (χ0v) is 8.20. The Labute approximate surface area is 89.1 Å². The van der Waals surface area contributed by atoms with Gasteiger partial charge in [-0.1, -0.05) is 11.6 Å².